The van der Waals surface area contributed by atoms with Gasteiger partial charge in [0.25, 0.3) is 5.91 Å². The Morgan fingerprint density at radius 3 is 2.00 bits per heavy atom. The molecule has 0 N–H and O–H groups in total. The lowest BCUT2D eigenvalue weighted by molar-refractivity contribution is -0.137. The lowest BCUT2D eigenvalue weighted by Gasteiger charge is -2.39. The van der Waals surface area contributed by atoms with Crippen molar-refractivity contribution in [2.24, 2.45) is 0 Å². The molecule has 0 radical (unpaired) electrons. The number of likely N-dealkylation sites (tertiary alicyclic amines) is 1. The van der Waals surface area contributed by atoms with Gasteiger partial charge in [-0.25, -0.2) is 0 Å². The molecule has 6 nitrogen and oxygen atoms in total. The number of hydrogen-bond acceptors (Lipinski definition) is 4. The van der Waals surface area contributed by atoms with Gasteiger partial charge in [0, 0.05) is 63.1 Å². The molecular formula is C24H38N4O2. The van der Waals surface area contributed by atoms with Gasteiger partial charge in [-0.05, 0) is 71.2 Å². The van der Waals surface area contributed by atoms with E-state index >= 15 is 0 Å². The van der Waals surface area contributed by atoms with Gasteiger partial charge in [0.2, 0.25) is 5.91 Å². The molecule has 3 rings (SSSR count). The molecule has 0 saturated carbocycles. The molecule has 0 aromatic heterocycles. The smallest absolute Gasteiger partial charge is 0.253 e. The summed E-state index contributed by atoms with van der Waals surface area (Å²) in [6.07, 6.45) is 3.47. The molecule has 1 aromatic rings. The van der Waals surface area contributed by atoms with Gasteiger partial charge in [-0.3, -0.25) is 14.5 Å². The SMILES string of the molecule is CCN(c1ccc(C(=O)N2CCN(C(C)C(=O)N3CCCCC3)CC2)cc1)C(C)C. The first-order valence-electron chi connectivity index (χ1n) is 11.6. The Kier molecular flexibility index (Phi) is 7.75. The predicted molar refractivity (Wildman–Crippen MR) is 122 cm³/mol. The summed E-state index contributed by atoms with van der Waals surface area (Å²) in [7, 11) is 0. The number of nitrogens with zero attached hydrogens (tertiary/aromatic N) is 4. The molecule has 1 atom stereocenters. The summed E-state index contributed by atoms with van der Waals surface area (Å²) in [5, 5.41) is 0. The van der Waals surface area contributed by atoms with Crippen LogP contribution < -0.4 is 4.90 Å². The minimum atomic E-state index is -0.101. The van der Waals surface area contributed by atoms with Crippen LogP contribution in [0.5, 0.6) is 0 Å². The fourth-order valence-electron chi connectivity index (χ4n) is 4.67. The van der Waals surface area contributed by atoms with Crippen LogP contribution in [0, 0.1) is 0 Å². The van der Waals surface area contributed by atoms with Gasteiger partial charge < -0.3 is 14.7 Å². The first-order chi connectivity index (χ1) is 14.4. The number of carbonyl (C=O) groups excluding carboxylic acids is 2. The van der Waals surface area contributed by atoms with E-state index in [4.69, 9.17) is 0 Å². The first-order valence-corrected chi connectivity index (χ1v) is 11.6. The molecule has 1 aromatic carbocycles. The third kappa shape index (κ3) is 5.15. The molecule has 2 heterocycles. The lowest BCUT2D eigenvalue weighted by Crippen LogP contribution is -2.56. The second kappa shape index (κ2) is 10.3. The van der Waals surface area contributed by atoms with E-state index in [0.29, 0.717) is 19.1 Å². The molecule has 0 bridgehead atoms. The summed E-state index contributed by atoms with van der Waals surface area (Å²) in [5.74, 6) is 0.333. The maximum absolute atomic E-state index is 13.0. The van der Waals surface area contributed by atoms with E-state index in [9.17, 15) is 9.59 Å². The summed E-state index contributed by atoms with van der Waals surface area (Å²) in [5.41, 5.74) is 1.89. The minimum Gasteiger partial charge on any atom is -0.369 e. The number of hydrogen-bond donors (Lipinski definition) is 0. The molecule has 2 aliphatic rings. The van der Waals surface area contributed by atoms with Crippen molar-refractivity contribution in [2.45, 2.75) is 59.0 Å². The molecule has 2 fully saturated rings. The second-order valence-electron chi connectivity index (χ2n) is 8.82. The van der Waals surface area contributed by atoms with Crippen LogP contribution in [0.3, 0.4) is 0 Å². The van der Waals surface area contributed by atoms with Crippen LogP contribution in [0.25, 0.3) is 0 Å². The molecule has 2 saturated heterocycles. The first kappa shape index (κ1) is 22.6. The Morgan fingerprint density at radius 1 is 0.867 bits per heavy atom. The monoisotopic (exact) mass is 414 g/mol. The summed E-state index contributed by atoms with van der Waals surface area (Å²) < 4.78 is 0. The fourth-order valence-corrected chi connectivity index (χ4v) is 4.67. The standard InChI is InChI=1S/C24H38N4O2/c1-5-28(19(2)3)22-11-9-21(10-12-22)24(30)27-17-15-25(16-18-27)20(4)23(29)26-13-7-6-8-14-26/h9-12,19-20H,5-8,13-18H2,1-4H3. The zero-order chi connectivity index (χ0) is 21.7. The van der Waals surface area contributed by atoms with E-state index in [1.807, 2.05) is 41.0 Å². The molecule has 1 unspecified atom stereocenters. The fraction of sp³-hybridized carbons (Fsp3) is 0.667. The van der Waals surface area contributed by atoms with Crippen molar-refractivity contribution < 1.29 is 9.59 Å². The van der Waals surface area contributed by atoms with Gasteiger partial charge in [-0.1, -0.05) is 0 Å². The van der Waals surface area contributed by atoms with Crippen molar-refractivity contribution >= 4 is 17.5 Å². The molecule has 166 valence electrons. The third-order valence-electron chi connectivity index (χ3n) is 6.58. The van der Waals surface area contributed by atoms with E-state index in [0.717, 1.165) is 56.8 Å². The number of rotatable bonds is 6. The minimum absolute atomic E-state index is 0.0869. The van der Waals surface area contributed by atoms with Gasteiger partial charge >= 0.3 is 0 Å². The average Bonchev–Trinajstić information content (AvgIpc) is 2.79. The Bertz CT molecular complexity index is 704. The van der Waals surface area contributed by atoms with Crippen molar-refractivity contribution in [2.75, 3.05) is 50.7 Å². The van der Waals surface area contributed by atoms with E-state index in [1.165, 1.54) is 6.42 Å². The predicted octanol–water partition coefficient (Wildman–Crippen LogP) is 3.08. The van der Waals surface area contributed by atoms with E-state index in [-0.39, 0.29) is 17.9 Å². The van der Waals surface area contributed by atoms with Gasteiger partial charge in [0.05, 0.1) is 6.04 Å². The van der Waals surface area contributed by atoms with Crippen molar-refractivity contribution in [1.82, 2.24) is 14.7 Å². The third-order valence-corrected chi connectivity index (χ3v) is 6.58. The maximum Gasteiger partial charge on any atom is 0.253 e. The number of amides is 2. The molecule has 6 heteroatoms. The summed E-state index contributed by atoms with van der Waals surface area (Å²) >= 11 is 0. The molecule has 2 aliphatic heterocycles. The Hall–Kier alpha value is -2.08. The highest BCUT2D eigenvalue weighted by molar-refractivity contribution is 5.94. The number of piperidine rings is 1. The van der Waals surface area contributed by atoms with E-state index < -0.39 is 0 Å². The van der Waals surface area contributed by atoms with Crippen molar-refractivity contribution in [3.8, 4) is 0 Å². The van der Waals surface area contributed by atoms with E-state index in [1.54, 1.807) is 0 Å². The highest BCUT2D eigenvalue weighted by Crippen LogP contribution is 2.20. The molecule has 0 spiro atoms. The maximum atomic E-state index is 13.0. The Morgan fingerprint density at radius 2 is 1.47 bits per heavy atom. The highest BCUT2D eigenvalue weighted by Gasteiger charge is 2.30. The van der Waals surface area contributed by atoms with Crippen molar-refractivity contribution in [1.29, 1.82) is 0 Å². The average molecular weight is 415 g/mol. The molecule has 2 amide bonds. The van der Waals surface area contributed by atoms with Gasteiger partial charge in [0.1, 0.15) is 0 Å². The quantitative estimate of drug-likeness (QED) is 0.718. The number of benzene rings is 1. The summed E-state index contributed by atoms with van der Waals surface area (Å²) in [6, 6.07) is 8.31. The van der Waals surface area contributed by atoms with Crippen LogP contribution >= 0.6 is 0 Å². The summed E-state index contributed by atoms with van der Waals surface area (Å²) in [4.78, 5) is 34.2. The molecule has 0 aliphatic carbocycles. The topological polar surface area (TPSA) is 47.1 Å². The van der Waals surface area contributed by atoms with Gasteiger partial charge in [0.15, 0.2) is 0 Å². The van der Waals surface area contributed by atoms with Crippen LogP contribution in [0.2, 0.25) is 0 Å². The normalized spacial score (nSPS) is 19.1. The Labute approximate surface area is 181 Å². The highest BCUT2D eigenvalue weighted by atomic mass is 16.2. The van der Waals surface area contributed by atoms with Crippen LogP contribution in [-0.2, 0) is 4.79 Å². The molecular weight excluding hydrogens is 376 g/mol. The zero-order valence-electron chi connectivity index (χ0n) is 19.1. The number of carbonyl (C=O) groups is 2. The zero-order valence-corrected chi connectivity index (χ0v) is 19.1. The molecule has 30 heavy (non-hydrogen) atoms. The van der Waals surface area contributed by atoms with Crippen LogP contribution in [0.4, 0.5) is 5.69 Å². The van der Waals surface area contributed by atoms with E-state index in [2.05, 4.69) is 30.6 Å². The number of anilines is 1. The van der Waals surface area contributed by atoms with Gasteiger partial charge in [-0.2, -0.15) is 0 Å². The summed E-state index contributed by atoms with van der Waals surface area (Å²) in [6.45, 7) is 14.1. The lowest BCUT2D eigenvalue weighted by atomic mass is 10.1. The number of piperazine rings is 1. The van der Waals surface area contributed by atoms with Crippen molar-refractivity contribution in [3.05, 3.63) is 29.8 Å². The Balaban J connectivity index is 1.54. The second-order valence-corrected chi connectivity index (χ2v) is 8.82. The largest absolute Gasteiger partial charge is 0.369 e. The van der Waals surface area contributed by atoms with Crippen LogP contribution in [-0.4, -0.2) is 84.4 Å². The van der Waals surface area contributed by atoms with Crippen LogP contribution in [0.1, 0.15) is 57.3 Å². The van der Waals surface area contributed by atoms with Gasteiger partial charge in [-0.15, -0.1) is 0 Å². The van der Waals surface area contributed by atoms with Crippen LogP contribution in [0.15, 0.2) is 24.3 Å². The van der Waals surface area contributed by atoms with Crippen molar-refractivity contribution in [3.63, 3.8) is 0 Å².